The number of esters is 1. The topological polar surface area (TPSA) is 95.7 Å². The molecule has 0 saturated heterocycles. The number of primary sulfonamides is 1. The van der Waals surface area contributed by atoms with E-state index in [0.717, 1.165) is 19.3 Å². The summed E-state index contributed by atoms with van der Waals surface area (Å²) in [5.41, 5.74) is 0.0882. The van der Waals surface area contributed by atoms with Crippen molar-refractivity contribution in [3.05, 3.63) is 23.8 Å². The SMILES string of the molecule is CCOc1ccc(S(N)(=O)=O)cc1C(=O)OC1CCC1. The van der Waals surface area contributed by atoms with Gasteiger partial charge >= 0.3 is 5.97 Å². The highest BCUT2D eigenvalue weighted by molar-refractivity contribution is 7.89. The number of ether oxygens (including phenoxy) is 2. The van der Waals surface area contributed by atoms with Gasteiger partial charge in [0.05, 0.1) is 11.5 Å². The van der Waals surface area contributed by atoms with Crippen LogP contribution < -0.4 is 9.88 Å². The second-order valence-electron chi connectivity index (χ2n) is 4.59. The van der Waals surface area contributed by atoms with Gasteiger partial charge in [0.15, 0.2) is 0 Å². The van der Waals surface area contributed by atoms with E-state index in [-0.39, 0.29) is 16.6 Å². The molecule has 0 spiro atoms. The van der Waals surface area contributed by atoms with Crippen LogP contribution in [-0.4, -0.2) is 27.1 Å². The first kappa shape index (κ1) is 14.8. The normalized spacial score (nSPS) is 15.5. The molecule has 2 rings (SSSR count). The third-order valence-electron chi connectivity index (χ3n) is 3.13. The van der Waals surface area contributed by atoms with E-state index in [4.69, 9.17) is 14.6 Å². The summed E-state index contributed by atoms with van der Waals surface area (Å²) in [5, 5.41) is 5.07. The number of carbonyl (C=O) groups excluding carboxylic acids is 1. The van der Waals surface area contributed by atoms with Crippen LogP contribution in [0.3, 0.4) is 0 Å². The van der Waals surface area contributed by atoms with Crippen molar-refractivity contribution >= 4 is 16.0 Å². The van der Waals surface area contributed by atoms with Gasteiger partial charge in [-0.25, -0.2) is 18.4 Å². The molecule has 1 aromatic rings. The first-order valence-electron chi connectivity index (χ1n) is 6.42. The molecule has 1 aliphatic carbocycles. The molecule has 110 valence electrons. The first-order chi connectivity index (χ1) is 9.41. The molecule has 20 heavy (non-hydrogen) atoms. The molecule has 0 unspecified atom stereocenters. The molecule has 6 nitrogen and oxygen atoms in total. The van der Waals surface area contributed by atoms with Gasteiger partial charge in [0.1, 0.15) is 17.4 Å². The average Bonchev–Trinajstić information content (AvgIpc) is 2.33. The van der Waals surface area contributed by atoms with Gasteiger partial charge in [-0.1, -0.05) is 0 Å². The largest absolute Gasteiger partial charge is 0.493 e. The Bertz CT molecular complexity index is 607. The molecule has 1 aromatic carbocycles. The Kier molecular flexibility index (Phi) is 4.29. The highest BCUT2D eigenvalue weighted by Crippen LogP contribution is 2.27. The van der Waals surface area contributed by atoms with Crippen LogP contribution in [0.4, 0.5) is 0 Å². The van der Waals surface area contributed by atoms with Crippen LogP contribution in [0.15, 0.2) is 23.1 Å². The lowest BCUT2D eigenvalue weighted by atomic mass is 9.96. The minimum atomic E-state index is -3.87. The summed E-state index contributed by atoms with van der Waals surface area (Å²) < 4.78 is 33.3. The maximum atomic E-state index is 12.1. The number of sulfonamides is 1. The van der Waals surface area contributed by atoms with Crippen molar-refractivity contribution in [2.45, 2.75) is 37.2 Å². The van der Waals surface area contributed by atoms with Crippen molar-refractivity contribution in [1.82, 2.24) is 0 Å². The number of benzene rings is 1. The standard InChI is InChI=1S/C13H17NO5S/c1-2-18-12-7-6-10(20(14,16)17)8-11(12)13(15)19-9-4-3-5-9/h6-9H,2-5H2,1H3,(H2,14,16,17). The van der Waals surface area contributed by atoms with Gasteiger partial charge < -0.3 is 9.47 Å². The van der Waals surface area contributed by atoms with Crippen LogP contribution in [-0.2, 0) is 14.8 Å². The van der Waals surface area contributed by atoms with E-state index in [1.807, 2.05) is 0 Å². The fourth-order valence-electron chi connectivity index (χ4n) is 1.83. The molecule has 0 amide bonds. The Labute approximate surface area is 117 Å². The highest BCUT2D eigenvalue weighted by atomic mass is 32.2. The molecule has 0 aliphatic heterocycles. The Morgan fingerprint density at radius 2 is 2.10 bits per heavy atom. The van der Waals surface area contributed by atoms with Gasteiger partial charge in [-0.2, -0.15) is 0 Å². The maximum absolute atomic E-state index is 12.1. The molecular weight excluding hydrogens is 282 g/mol. The predicted molar refractivity (Wildman–Crippen MR) is 72.0 cm³/mol. The zero-order valence-corrected chi connectivity index (χ0v) is 12.0. The second-order valence-corrected chi connectivity index (χ2v) is 6.16. The molecule has 0 heterocycles. The summed E-state index contributed by atoms with van der Waals surface area (Å²) in [7, 11) is -3.87. The zero-order chi connectivity index (χ0) is 14.8. The number of hydrogen-bond donors (Lipinski definition) is 1. The fraction of sp³-hybridized carbons (Fsp3) is 0.462. The molecule has 0 aromatic heterocycles. The maximum Gasteiger partial charge on any atom is 0.342 e. The van der Waals surface area contributed by atoms with Crippen LogP contribution >= 0.6 is 0 Å². The lowest BCUT2D eigenvalue weighted by molar-refractivity contribution is 0.00863. The van der Waals surface area contributed by atoms with Crippen LogP contribution in [0.25, 0.3) is 0 Å². The molecule has 1 saturated carbocycles. The molecular formula is C13H17NO5S. The quantitative estimate of drug-likeness (QED) is 0.830. The molecule has 2 N–H and O–H groups in total. The highest BCUT2D eigenvalue weighted by Gasteiger charge is 2.25. The van der Waals surface area contributed by atoms with Crippen molar-refractivity contribution < 1.29 is 22.7 Å². The number of rotatable bonds is 5. The van der Waals surface area contributed by atoms with E-state index in [1.54, 1.807) is 6.92 Å². The van der Waals surface area contributed by atoms with Gasteiger partial charge in [-0.15, -0.1) is 0 Å². The van der Waals surface area contributed by atoms with Gasteiger partial charge in [0.2, 0.25) is 10.0 Å². The van der Waals surface area contributed by atoms with Crippen molar-refractivity contribution in [3.63, 3.8) is 0 Å². The summed E-state index contributed by atoms with van der Waals surface area (Å²) in [5.74, 6) is -0.284. The Hall–Kier alpha value is -1.60. The summed E-state index contributed by atoms with van der Waals surface area (Å²) in [6.45, 7) is 2.13. The molecule has 0 radical (unpaired) electrons. The Morgan fingerprint density at radius 3 is 2.60 bits per heavy atom. The summed E-state index contributed by atoms with van der Waals surface area (Å²) >= 11 is 0. The number of hydrogen-bond acceptors (Lipinski definition) is 5. The smallest absolute Gasteiger partial charge is 0.342 e. The van der Waals surface area contributed by atoms with Crippen molar-refractivity contribution in [1.29, 1.82) is 0 Å². The molecule has 0 bridgehead atoms. The number of nitrogens with two attached hydrogens (primary N) is 1. The molecule has 7 heteroatoms. The average molecular weight is 299 g/mol. The third-order valence-corrected chi connectivity index (χ3v) is 4.04. The van der Waals surface area contributed by atoms with E-state index in [0.29, 0.717) is 12.4 Å². The van der Waals surface area contributed by atoms with Gasteiger partial charge in [0, 0.05) is 0 Å². The van der Waals surface area contributed by atoms with Crippen LogP contribution in [0.5, 0.6) is 5.75 Å². The van der Waals surface area contributed by atoms with Crippen molar-refractivity contribution in [2.75, 3.05) is 6.61 Å². The summed E-state index contributed by atoms with van der Waals surface area (Å²) in [6, 6.07) is 3.92. The third kappa shape index (κ3) is 3.29. The van der Waals surface area contributed by atoms with Crippen molar-refractivity contribution in [2.24, 2.45) is 5.14 Å². The Morgan fingerprint density at radius 1 is 1.40 bits per heavy atom. The van der Waals surface area contributed by atoms with E-state index >= 15 is 0 Å². The van der Waals surface area contributed by atoms with Crippen LogP contribution in [0.2, 0.25) is 0 Å². The molecule has 0 atom stereocenters. The van der Waals surface area contributed by atoms with Crippen LogP contribution in [0.1, 0.15) is 36.5 Å². The lowest BCUT2D eigenvalue weighted by Crippen LogP contribution is -2.25. The lowest BCUT2D eigenvalue weighted by Gasteiger charge is -2.25. The van der Waals surface area contributed by atoms with Gasteiger partial charge in [0.25, 0.3) is 0 Å². The van der Waals surface area contributed by atoms with E-state index < -0.39 is 16.0 Å². The van der Waals surface area contributed by atoms with Gasteiger partial charge in [-0.05, 0) is 44.4 Å². The first-order valence-corrected chi connectivity index (χ1v) is 7.97. The minimum absolute atomic E-state index is 0.0879. The van der Waals surface area contributed by atoms with Gasteiger partial charge in [-0.3, -0.25) is 0 Å². The predicted octanol–water partition coefficient (Wildman–Crippen LogP) is 1.44. The molecule has 1 fully saturated rings. The molecule has 1 aliphatic rings. The zero-order valence-electron chi connectivity index (χ0n) is 11.2. The summed E-state index contributed by atoms with van der Waals surface area (Å²) in [4.78, 5) is 11.9. The van der Waals surface area contributed by atoms with E-state index in [9.17, 15) is 13.2 Å². The van der Waals surface area contributed by atoms with E-state index in [1.165, 1.54) is 18.2 Å². The second kappa shape index (κ2) is 5.80. The number of carbonyl (C=O) groups is 1. The Balaban J connectivity index is 2.32. The van der Waals surface area contributed by atoms with Crippen molar-refractivity contribution in [3.8, 4) is 5.75 Å². The minimum Gasteiger partial charge on any atom is -0.493 e. The van der Waals surface area contributed by atoms with E-state index in [2.05, 4.69) is 0 Å². The summed E-state index contributed by atoms with van der Waals surface area (Å²) in [6.07, 6.45) is 2.62. The fourth-order valence-corrected chi connectivity index (χ4v) is 2.37. The van der Waals surface area contributed by atoms with Crippen LogP contribution in [0, 0.1) is 0 Å². The monoisotopic (exact) mass is 299 g/mol.